The third-order valence-electron chi connectivity index (χ3n) is 3.90. The van der Waals surface area contributed by atoms with Crippen LogP contribution in [0.4, 0.5) is 0 Å². The second-order valence-electron chi connectivity index (χ2n) is 5.35. The maximum atomic E-state index is 11.5. The van der Waals surface area contributed by atoms with Gasteiger partial charge in [0, 0.05) is 5.56 Å². The van der Waals surface area contributed by atoms with Crippen molar-refractivity contribution in [2.45, 2.75) is 34.2 Å². The summed E-state index contributed by atoms with van der Waals surface area (Å²) in [7, 11) is 0. The number of carboxylic acids is 1. The van der Waals surface area contributed by atoms with Gasteiger partial charge >= 0.3 is 5.97 Å². The smallest absolute Gasteiger partial charge is 0.348 e. The number of carboxylic acid groups (broad SMARTS) is 1. The molecule has 0 unspecified atom stereocenters. The number of thiazole rings is 1. The van der Waals surface area contributed by atoms with Gasteiger partial charge in [-0.25, -0.2) is 9.78 Å². The summed E-state index contributed by atoms with van der Waals surface area (Å²) in [6, 6.07) is 5.97. The number of benzene rings is 1. The van der Waals surface area contributed by atoms with Crippen molar-refractivity contribution in [1.82, 2.24) is 9.88 Å². The van der Waals surface area contributed by atoms with Gasteiger partial charge in [-0.15, -0.1) is 11.3 Å². The molecule has 118 valence electrons. The molecule has 2 rings (SSSR count). The Morgan fingerprint density at radius 1 is 1.23 bits per heavy atom. The number of aromatic nitrogens is 1. The maximum absolute atomic E-state index is 11.5. The Morgan fingerprint density at radius 3 is 2.45 bits per heavy atom. The first kappa shape index (κ1) is 16.6. The first-order chi connectivity index (χ1) is 10.5. The summed E-state index contributed by atoms with van der Waals surface area (Å²) < 4.78 is 0. The molecule has 1 heterocycles. The van der Waals surface area contributed by atoms with Crippen molar-refractivity contribution in [3.05, 3.63) is 39.2 Å². The number of carbonyl (C=O) groups is 1. The summed E-state index contributed by atoms with van der Waals surface area (Å²) in [5.74, 6) is -0.906. The van der Waals surface area contributed by atoms with E-state index in [4.69, 9.17) is 0 Å². The van der Waals surface area contributed by atoms with E-state index in [1.807, 2.05) is 32.0 Å². The summed E-state index contributed by atoms with van der Waals surface area (Å²) >= 11 is 1.28. The van der Waals surface area contributed by atoms with E-state index in [0.29, 0.717) is 17.1 Å². The quantitative estimate of drug-likeness (QED) is 0.875. The number of hydrogen-bond acceptors (Lipinski definition) is 4. The normalized spacial score (nSPS) is 11.1. The van der Waals surface area contributed by atoms with Crippen molar-refractivity contribution in [2.75, 3.05) is 13.1 Å². The van der Waals surface area contributed by atoms with E-state index in [9.17, 15) is 9.90 Å². The van der Waals surface area contributed by atoms with E-state index in [-0.39, 0.29) is 0 Å². The minimum absolute atomic E-state index is 0.324. The molecule has 0 aliphatic carbocycles. The van der Waals surface area contributed by atoms with E-state index in [1.54, 1.807) is 0 Å². The molecule has 0 radical (unpaired) electrons. The summed E-state index contributed by atoms with van der Waals surface area (Å²) in [6.07, 6.45) is 0. The predicted octanol–water partition coefficient (Wildman–Crippen LogP) is 3.97. The van der Waals surface area contributed by atoms with Crippen molar-refractivity contribution in [1.29, 1.82) is 0 Å². The third kappa shape index (κ3) is 3.54. The first-order valence-corrected chi connectivity index (χ1v) is 8.30. The largest absolute Gasteiger partial charge is 0.477 e. The Balaban J connectivity index is 2.43. The highest BCUT2D eigenvalue weighted by atomic mass is 32.1. The van der Waals surface area contributed by atoms with Gasteiger partial charge in [-0.2, -0.15) is 0 Å². The number of rotatable bonds is 6. The predicted molar refractivity (Wildman–Crippen MR) is 90.6 cm³/mol. The molecular formula is C17H22N2O2S. The van der Waals surface area contributed by atoms with E-state index in [1.165, 1.54) is 16.9 Å². The van der Waals surface area contributed by atoms with Crippen molar-refractivity contribution in [3.63, 3.8) is 0 Å². The van der Waals surface area contributed by atoms with Crippen LogP contribution in [0.15, 0.2) is 18.2 Å². The molecule has 22 heavy (non-hydrogen) atoms. The zero-order valence-electron chi connectivity index (χ0n) is 13.5. The van der Waals surface area contributed by atoms with Crippen LogP contribution in [0.5, 0.6) is 0 Å². The minimum atomic E-state index is -0.906. The van der Waals surface area contributed by atoms with Gasteiger partial charge < -0.3 is 5.11 Å². The molecule has 0 fully saturated rings. The van der Waals surface area contributed by atoms with Gasteiger partial charge in [0.1, 0.15) is 9.88 Å². The Bertz CT molecular complexity index is 675. The average Bonchev–Trinajstić information content (AvgIpc) is 2.91. The second-order valence-corrected chi connectivity index (χ2v) is 6.43. The van der Waals surface area contributed by atoms with Crippen molar-refractivity contribution >= 4 is 17.3 Å². The maximum Gasteiger partial charge on any atom is 0.348 e. The summed E-state index contributed by atoms with van der Waals surface area (Å²) in [4.78, 5) is 18.7. The lowest BCUT2D eigenvalue weighted by Crippen LogP contribution is -2.21. The van der Waals surface area contributed by atoms with E-state index < -0.39 is 5.97 Å². The molecular weight excluding hydrogens is 296 g/mol. The molecule has 1 N–H and O–H groups in total. The highest BCUT2D eigenvalue weighted by Crippen LogP contribution is 2.30. The lowest BCUT2D eigenvalue weighted by molar-refractivity contribution is 0.0702. The first-order valence-electron chi connectivity index (χ1n) is 7.49. The fraction of sp³-hybridized carbons (Fsp3) is 0.412. The van der Waals surface area contributed by atoms with Gasteiger partial charge in [0.15, 0.2) is 0 Å². The molecule has 5 heteroatoms. The lowest BCUT2D eigenvalue weighted by atomic mass is 10.0. The minimum Gasteiger partial charge on any atom is -0.477 e. The highest BCUT2D eigenvalue weighted by Gasteiger charge is 2.19. The van der Waals surface area contributed by atoms with Gasteiger partial charge in [0.2, 0.25) is 0 Å². The van der Waals surface area contributed by atoms with Crippen molar-refractivity contribution in [3.8, 4) is 11.3 Å². The SMILES string of the molecule is CCN(CC)Cc1nc(-c2ccc(C)c(C)c2)c(C(=O)O)s1. The van der Waals surface area contributed by atoms with E-state index in [0.717, 1.165) is 29.2 Å². The zero-order valence-corrected chi connectivity index (χ0v) is 14.3. The molecule has 2 aromatic rings. The number of nitrogens with zero attached hydrogens (tertiary/aromatic N) is 2. The Morgan fingerprint density at radius 2 is 1.91 bits per heavy atom. The monoisotopic (exact) mass is 318 g/mol. The Kier molecular flexibility index (Phi) is 5.32. The molecule has 0 aliphatic rings. The summed E-state index contributed by atoms with van der Waals surface area (Å²) in [5.41, 5.74) is 3.80. The molecule has 0 saturated carbocycles. The summed E-state index contributed by atoms with van der Waals surface area (Å²) in [5, 5.41) is 10.3. The van der Waals surface area contributed by atoms with Gasteiger partial charge in [0.05, 0.1) is 12.2 Å². The van der Waals surface area contributed by atoms with Gasteiger partial charge in [-0.05, 0) is 44.1 Å². The Labute approximate surface area is 135 Å². The molecule has 0 aliphatic heterocycles. The molecule has 0 atom stereocenters. The highest BCUT2D eigenvalue weighted by molar-refractivity contribution is 7.14. The fourth-order valence-electron chi connectivity index (χ4n) is 2.30. The Hall–Kier alpha value is -1.72. The van der Waals surface area contributed by atoms with Gasteiger partial charge in [-0.3, -0.25) is 4.90 Å². The number of aryl methyl sites for hydroxylation is 2. The molecule has 0 amide bonds. The van der Waals surface area contributed by atoms with Crippen LogP contribution in [-0.2, 0) is 6.54 Å². The van der Waals surface area contributed by atoms with Crippen molar-refractivity contribution in [2.24, 2.45) is 0 Å². The van der Waals surface area contributed by atoms with Crippen LogP contribution in [0, 0.1) is 13.8 Å². The van der Waals surface area contributed by atoms with Crippen LogP contribution >= 0.6 is 11.3 Å². The molecule has 1 aromatic carbocycles. The summed E-state index contributed by atoms with van der Waals surface area (Å²) in [6.45, 7) is 10.8. The molecule has 4 nitrogen and oxygen atoms in total. The van der Waals surface area contributed by atoms with Crippen LogP contribution in [0.1, 0.15) is 39.7 Å². The number of hydrogen-bond donors (Lipinski definition) is 1. The fourth-order valence-corrected chi connectivity index (χ4v) is 3.27. The lowest BCUT2D eigenvalue weighted by Gasteiger charge is -2.15. The molecule has 0 bridgehead atoms. The average molecular weight is 318 g/mol. The molecule has 0 saturated heterocycles. The molecule has 1 aromatic heterocycles. The third-order valence-corrected chi connectivity index (χ3v) is 4.93. The number of aromatic carboxylic acids is 1. The van der Waals surface area contributed by atoms with Crippen LogP contribution in [0.2, 0.25) is 0 Å². The van der Waals surface area contributed by atoms with Crippen molar-refractivity contribution < 1.29 is 9.90 Å². The van der Waals surface area contributed by atoms with Gasteiger partial charge in [-0.1, -0.05) is 26.0 Å². The standard InChI is InChI=1S/C17H22N2O2S/c1-5-19(6-2)10-14-18-15(16(22-14)17(20)21)13-8-7-11(3)12(4)9-13/h7-9H,5-6,10H2,1-4H3,(H,20,21). The second kappa shape index (κ2) is 7.03. The van der Waals surface area contributed by atoms with Crippen LogP contribution < -0.4 is 0 Å². The van der Waals surface area contributed by atoms with Crippen LogP contribution in [-0.4, -0.2) is 34.0 Å². The van der Waals surface area contributed by atoms with E-state index >= 15 is 0 Å². The van der Waals surface area contributed by atoms with E-state index in [2.05, 4.69) is 23.7 Å². The van der Waals surface area contributed by atoms with Crippen LogP contribution in [0.25, 0.3) is 11.3 Å². The topological polar surface area (TPSA) is 53.4 Å². The van der Waals surface area contributed by atoms with Gasteiger partial charge in [0.25, 0.3) is 0 Å². The molecule has 0 spiro atoms. The zero-order chi connectivity index (χ0) is 16.3. The van der Waals surface area contributed by atoms with Crippen LogP contribution in [0.3, 0.4) is 0 Å².